The van der Waals surface area contributed by atoms with Crippen LogP contribution < -0.4 is 5.14 Å². The van der Waals surface area contributed by atoms with Gasteiger partial charge in [0.2, 0.25) is 15.7 Å². The molecule has 1 atom stereocenters. The van der Waals surface area contributed by atoms with Gasteiger partial charge in [-0.3, -0.25) is 4.58 Å². The first-order valence-corrected chi connectivity index (χ1v) is 10.1. The number of rotatable bonds is 3. The van der Waals surface area contributed by atoms with Gasteiger partial charge in [-0.2, -0.15) is 0 Å². The Morgan fingerprint density at radius 2 is 2.09 bits per heavy atom. The van der Waals surface area contributed by atoms with E-state index in [0.717, 1.165) is 18.0 Å². The van der Waals surface area contributed by atoms with Crippen molar-refractivity contribution >= 4 is 38.6 Å². The zero-order valence-corrected chi connectivity index (χ0v) is 15.2. The average molecular weight is 377 g/mol. The molecule has 0 spiro atoms. The van der Waals surface area contributed by atoms with E-state index in [1.165, 1.54) is 12.1 Å². The van der Waals surface area contributed by atoms with Crippen molar-refractivity contribution in [2.45, 2.75) is 29.5 Å². The topological polar surface area (TPSA) is 86.6 Å². The summed E-state index contributed by atoms with van der Waals surface area (Å²) >= 11 is 7.50. The highest BCUT2D eigenvalue weighted by Crippen LogP contribution is 2.46. The highest BCUT2D eigenvalue weighted by Gasteiger charge is 2.57. The first-order valence-electron chi connectivity index (χ1n) is 7.16. The second-order valence-corrected chi connectivity index (χ2v) is 8.95. The number of hydrogen-bond acceptors (Lipinski definition) is 4. The van der Waals surface area contributed by atoms with Crippen molar-refractivity contribution in [2.75, 3.05) is 19.8 Å². The molecule has 9 heteroatoms. The van der Waals surface area contributed by atoms with Gasteiger partial charge in [-0.25, -0.2) is 18.5 Å². The van der Waals surface area contributed by atoms with E-state index in [2.05, 4.69) is 0 Å². The lowest BCUT2D eigenvalue weighted by Crippen LogP contribution is -2.47. The SMILES string of the molecule is C[N+](C)=C1SCC(O)(c2ccc(Cl)c(S(N)(=O)=O)c2)N1C1CC1. The Morgan fingerprint density at radius 3 is 2.61 bits per heavy atom. The van der Waals surface area contributed by atoms with Gasteiger partial charge in [-0.1, -0.05) is 17.7 Å². The van der Waals surface area contributed by atoms with Crippen LogP contribution in [0.1, 0.15) is 18.4 Å². The summed E-state index contributed by atoms with van der Waals surface area (Å²) in [5, 5.41) is 17.6. The van der Waals surface area contributed by atoms with Crippen molar-refractivity contribution in [3.8, 4) is 0 Å². The molecule has 0 bridgehead atoms. The maximum Gasteiger partial charge on any atom is 0.311 e. The highest BCUT2D eigenvalue weighted by molar-refractivity contribution is 8.13. The van der Waals surface area contributed by atoms with Gasteiger partial charge in [0.15, 0.2) is 0 Å². The molecule has 2 aliphatic rings. The summed E-state index contributed by atoms with van der Waals surface area (Å²) in [5.74, 6) is 0.419. The number of halogens is 1. The summed E-state index contributed by atoms with van der Waals surface area (Å²) in [6, 6.07) is 4.77. The van der Waals surface area contributed by atoms with Crippen LogP contribution in [0.15, 0.2) is 23.1 Å². The first kappa shape index (κ1) is 17.0. The normalized spacial score (nSPS) is 25.1. The Kier molecular flexibility index (Phi) is 4.17. The number of thioether (sulfide) groups is 1. The summed E-state index contributed by atoms with van der Waals surface area (Å²) < 4.78 is 25.4. The molecule has 1 saturated carbocycles. The molecule has 1 aromatic carbocycles. The molecular weight excluding hydrogens is 358 g/mol. The largest absolute Gasteiger partial charge is 0.349 e. The summed E-state index contributed by atoms with van der Waals surface area (Å²) in [7, 11) is -0.0866. The third kappa shape index (κ3) is 2.98. The van der Waals surface area contributed by atoms with Crippen LogP contribution >= 0.6 is 23.4 Å². The van der Waals surface area contributed by atoms with E-state index in [4.69, 9.17) is 16.7 Å². The Labute approximate surface area is 145 Å². The third-order valence-electron chi connectivity index (χ3n) is 4.00. The first-order chi connectivity index (χ1) is 10.6. The number of nitrogens with zero attached hydrogens (tertiary/aromatic N) is 2. The van der Waals surface area contributed by atoms with Crippen LogP contribution in [0.2, 0.25) is 5.02 Å². The molecule has 1 heterocycles. The number of aliphatic hydroxyl groups is 1. The minimum atomic E-state index is -3.95. The predicted octanol–water partition coefficient (Wildman–Crippen LogP) is 0.972. The molecule has 1 aliphatic carbocycles. The van der Waals surface area contributed by atoms with E-state index in [1.807, 2.05) is 23.6 Å². The number of hydrogen-bond donors (Lipinski definition) is 2. The summed E-state index contributed by atoms with van der Waals surface area (Å²) in [4.78, 5) is 1.82. The van der Waals surface area contributed by atoms with E-state index >= 15 is 0 Å². The maximum atomic E-state index is 11.7. The number of sulfonamides is 1. The van der Waals surface area contributed by atoms with Gasteiger partial charge in [0.1, 0.15) is 10.9 Å². The molecule has 23 heavy (non-hydrogen) atoms. The van der Waals surface area contributed by atoms with Crippen molar-refractivity contribution in [2.24, 2.45) is 5.14 Å². The Hall–Kier alpha value is -0.800. The predicted molar refractivity (Wildman–Crippen MR) is 91.2 cm³/mol. The zero-order chi connectivity index (χ0) is 17.0. The van der Waals surface area contributed by atoms with Gasteiger partial charge >= 0.3 is 5.17 Å². The minimum Gasteiger partial charge on any atom is -0.349 e. The van der Waals surface area contributed by atoms with E-state index in [0.29, 0.717) is 11.3 Å². The lowest BCUT2D eigenvalue weighted by molar-refractivity contribution is -0.468. The van der Waals surface area contributed by atoms with Crippen molar-refractivity contribution in [3.05, 3.63) is 28.8 Å². The van der Waals surface area contributed by atoms with Crippen LogP contribution in [-0.2, 0) is 15.7 Å². The van der Waals surface area contributed by atoms with Gasteiger partial charge in [0.25, 0.3) is 0 Å². The van der Waals surface area contributed by atoms with E-state index in [9.17, 15) is 13.5 Å². The standard InChI is InChI=1S/C14H19ClN3O3S2/c1-17(2)13-18(10-4-5-10)14(19,8-22-13)9-3-6-11(15)12(7-9)23(16,20)21/h3,6-7,10,19H,4-5,8H2,1-2H3,(H2,16,20,21)/q+1. The Balaban J connectivity index is 2.12. The van der Waals surface area contributed by atoms with E-state index in [-0.39, 0.29) is 16.0 Å². The third-order valence-corrected chi connectivity index (χ3v) is 6.76. The van der Waals surface area contributed by atoms with Crippen molar-refractivity contribution in [1.82, 2.24) is 4.90 Å². The zero-order valence-electron chi connectivity index (χ0n) is 12.9. The average Bonchev–Trinajstić information content (AvgIpc) is 3.21. The highest BCUT2D eigenvalue weighted by atomic mass is 35.5. The van der Waals surface area contributed by atoms with E-state index < -0.39 is 15.7 Å². The smallest absolute Gasteiger partial charge is 0.311 e. The molecule has 1 unspecified atom stereocenters. The van der Waals surface area contributed by atoms with Gasteiger partial charge in [-0.15, -0.1) is 0 Å². The van der Waals surface area contributed by atoms with Gasteiger partial charge in [0.05, 0.1) is 24.9 Å². The molecule has 1 aliphatic heterocycles. The Bertz CT molecular complexity index is 788. The number of nitrogens with two attached hydrogens (primary N) is 1. The minimum absolute atomic E-state index is 0.0558. The van der Waals surface area contributed by atoms with Crippen LogP contribution in [0.5, 0.6) is 0 Å². The maximum absolute atomic E-state index is 11.7. The molecule has 0 radical (unpaired) electrons. The molecule has 1 aromatic rings. The van der Waals surface area contributed by atoms with Gasteiger partial charge in [-0.05, 0) is 36.7 Å². The lowest BCUT2D eigenvalue weighted by Gasteiger charge is -2.29. The molecule has 6 nitrogen and oxygen atoms in total. The van der Waals surface area contributed by atoms with Crippen LogP contribution in [0, 0.1) is 0 Å². The molecule has 0 aromatic heterocycles. The second-order valence-electron chi connectivity index (χ2n) is 6.07. The van der Waals surface area contributed by atoms with Crippen LogP contribution in [0.25, 0.3) is 0 Å². The molecule has 126 valence electrons. The fourth-order valence-corrected chi connectivity index (χ4v) is 5.20. The molecule has 2 fully saturated rings. The molecule has 3 rings (SSSR count). The van der Waals surface area contributed by atoms with Crippen molar-refractivity contribution in [3.63, 3.8) is 0 Å². The summed E-state index contributed by atoms with van der Waals surface area (Å²) in [6.07, 6.45) is 2.02. The summed E-state index contributed by atoms with van der Waals surface area (Å²) in [6.45, 7) is 0. The quantitative estimate of drug-likeness (QED) is 0.768. The number of primary sulfonamides is 1. The lowest BCUT2D eigenvalue weighted by atomic mass is 10.0. The van der Waals surface area contributed by atoms with Gasteiger partial charge < -0.3 is 5.11 Å². The van der Waals surface area contributed by atoms with Gasteiger partial charge in [0, 0.05) is 5.56 Å². The molecular formula is C14H19ClN3O3S2+. The summed E-state index contributed by atoms with van der Waals surface area (Å²) in [5.41, 5.74) is -0.780. The van der Waals surface area contributed by atoms with Crippen molar-refractivity contribution < 1.29 is 18.1 Å². The number of benzene rings is 1. The molecule has 3 N–H and O–H groups in total. The second kappa shape index (κ2) is 5.63. The Morgan fingerprint density at radius 1 is 1.43 bits per heavy atom. The van der Waals surface area contributed by atoms with Crippen LogP contribution in [0.3, 0.4) is 0 Å². The fraction of sp³-hybridized carbons (Fsp3) is 0.500. The van der Waals surface area contributed by atoms with Crippen molar-refractivity contribution in [1.29, 1.82) is 0 Å². The fourth-order valence-electron chi connectivity index (χ4n) is 2.79. The monoisotopic (exact) mass is 376 g/mol. The number of amidine groups is 1. The van der Waals surface area contributed by atoms with Crippen LogP contribution in [-0.4, -0.2) is 54.1 Å². The molecule has 0 amide bonds. The molecule has 1 saturated heterocycles. The van der Waals surface area contributed by atoms with E-state index in [1.54, 1.807) is 17.8 Å². The van der Waals surface area contributed by atoms with Crippen LogP contribution in [0.4, 0.5) is 0 Å².